The molecule has 1 aromatic heterocycles. The molecule has 0 aliphatic rings. The molecule has 5 heteroatoms. The second-order valence-electron chi connectivity index (χ2n) is 4.66. The largest absolute Gasteiger partial charge is 0.324 e. The molecule has 0 atom stereocenters. The van der Waals surface area contributed by atoms with E-state index in [-0.39, 0.29) is 0 Å². The number of halogens is 2. The smallest absolute Gasteiger partial charge is 0.212 e. The molecule has 3 rings (SSSR count). The van der Waals surface area contributed by atoms with Crippen LogP contribution in [0.3, 0.4) is 0 Å². The zero-order valence-electron chi connectivity index (χ0n) is 11.3. The van der Waals surface area contributed by atoms with Gasteiger partial charge in [0, 0.05) is 21.4 Å². The van der Waals surface area contributed by atoms with Crippen molar-refractivity contribution in [2.75, 3.05) is 5.32 Å². The van der Waals surface area contributed by atoms with E-state index in [0.29, 0.717) is 5.02 Å². The summed E-state index contributed by atoms with van der Waals surface area (Å²) >= 11 is 9.48. The van der Waals surface area contributed by atoms with Crippen LogP contribution in [0.15, 0.2) is 59.2 Å². The van der Waals surface area contributed by atoms with Gasteiger partial charge in [-0.1, -0.05) is 29.8 Å². The normalized spacial score (nSPS) is 10.6. The van der Waals surface area contributed by atoms with E-state index in [9.17, 15) is 0 Å². The first-order valence-electron chi connectivity index (χ1n) is 6.47. The third-order valence-electron chi connectivity index (χ3n) is 3.04. The lowest BCUT2D eigenvalue weighted by Crippen LogP contribution is -2.01. The van der Waals surface area contributed by atoms with Crippen molar-refractivity contribution in [1.82, 2.24) is 9.55 Å². The summed E-state index contributed by atoms with van der Waals surface area (Å²) in [5, 5.41) is 4.02. The Labute approximate surface area is 136 Å². The highest BCUT2D eigenvalue weighted by molar-refractivity contribution is 9.10. The third kappa shape index (κ3) is 3.12. The Balaban J connectivity index is 2.00. The van der Waals surface area contributed by atoms with E-state index in [1.807, 2.05) is 66.2 Å². The number of hydrogen-bond donors (Lipinski definition) is 1. The van der Waals surface area contributed by atoms with Gasteiger partial charge in [0.15, 0.2) is 0 Å². The number of anilines is 2. The Morgan fingerprint density at radius 3 is 2.62 bits per heavy atom. The summed E-state index contributed by atoms with van der Waals surface area (Å²) in [5.74, 6) is 0.765. The van der Waals surface area contributed by atoms with Gasteiger partial charge in [-0.2, -0.15) is 0 Å². The van der Waals surface area contributed by atoms with Gasteiger partial charge in [-0.15, -0.1) is 0 Å². The number of rotatable bonds is 3. The minimum absolute atomic E-state index is 0.690. The van der Waals surface area contributed by atoms with Crippen molar-refractivity contribution in [2.45, 2.75) is 6.92 Å². The second kappa shape index (κ2) is 5.92. The van der Waals surface area contributed by atoms with Crippen molar-refractivity contribution in [3.8, 4) is 5.69 Å². The molecule has 0 spiro atoms. The first kappa shape index (κ1) is 14.2. The second-order valence-corrected chi connectivity index (χ2v) is 5.95. The Hall–Kier alpha value is -1.78. The average Bonchev–Trinajstić information content (AvgIpc) is 2.84. The van der Waals surface area contributed by atoms with E-state index in [0.717, 1.165) is 27.5 Å². The molecule has 0 radical (unpaired) electrons. The van der Waals surface area contributed by atoms with Crippen LogP contribution in [0.25, 0.3) is 5.69 Å². The highest BCUT2D eigenvalue weighted by Gasteiger charge is 2.09. The number of nitrogens with zero attached hydrogens (tertiary/aromatic N) is 2. The van der Waals surface area contributed by atoms with Gasteiger partial charge in [0.25, 0.3) is 0 Å². The minimum atomic E-state index is 0.690. The molecule has 1 N–H and O–H groups in total. The lowest BCUT2D eigenvalue weighted by molar-refractivity contribution is 1.06. The van der Waals surface area contributed by atoms with Gasteiger partial charge in [-0.05, 0) is 53.2 Å². The summed E-state index contributed by atoms with van der Waals surface area (Å²) < 4.78 is 2.92. The van der Waals surface area contributed by atoms with Crippen LogP contribution in [-0.2, 0) is 0 Å². The number of hydrogen-bond acceptors (Lipinski definition) is 2. The van der Waals surface area contributed by atoms with Gasteiger partial charge in [0.1, 0.15) is 0 Å². The summed E-state index contributed by atoms with van der Waals surface area (Å²) in [6.07, 6.45) is 2.00. The Morgan fingerprint density at radius 2 is 1.90 bits per heavy atom. The molecule has 106 valence electrons. The molecular formula is C16H13BrClN3. The molecule has 0 saturated heterocycles. The maximum absolute atomic E-state index is 5.97. The first-order valence-corrected chi connectivity index (χ1v) is 7.64. The van der Waals surface area contributed by atoms with Crippen LogP contribution in [-0.4, -0.2) is 9.55 Å². The number of benzene rings is 2. The zero-order chi connectivity index (χ0) is 14.8. The number of nitrogens with one attached hydrogen (secondary N) is 1. The minimum Gasteiger partial charge on any atom is -0.324 e. The fraction of sp³-hybridized carbons (Fsp3) is 0.0625. The van der Waals surface area contributed by atoms with Gasteiger partial charge in [0.05, 0.1) is 11.4 Å². The quantitative estimate of drug-likeness (QED) is 0.681. The zero-order valence-corrected chi connectivity index (χ0v) is 13.7. The molecule has 0 unspecified atom stereocenters. The molecule has 1 heterocycles. The van der Waals surface area contributed by atoms with E-state index in [1.54, 1.807) is 0 Å². The van der Waals surface area contributed by atoms with Crippen molar-refractivity contribution in [1.29, 1.82) is 0 Å². The van der Waals surface area contributed by atoms with Gasteiger partial charge < -0.3 is 5.32 Å². The van der Waals surface area contributed by atoms with E-state index in [4.69, 9.17) is 11.6 Å². The number of imidazole rings is 1. The fourth-order valence-electron chi connectivity index (χ4n) is 2.08. The Kier molecular flexibility index (Phi) is 3.99. The average molecular weight is 363 g/mol. The maximum Gasteiger partial charge on any atom is 0.212 e. The van der Waals surface area contributed by atoms with Crippen LogP contribution in [0, 0.1) is 6.92 Å². The molecule has 21 heavy (non-hydrogen) atoms. The maximum atomic E-state index is 5.97. The van der Waals surface area contributed by atoms with Gasteiger partial charge in [-0.3, -0.25) is 4.57 Å². The predicted octanol–water partition coefficient (Wildman–Crippen LogP) is 5.34. The summed E-state index contributed by atoms with van der Waals surface area (Å²) in [5.41, 5.74) is 2.93. The Morgan fingerprint density at radius 1 is 1.14 bits per heavy atom. The lowest BCUT2D eigenvalue weighted by Gasteiger charge is -2.11. The van der Waals surface area contributed by atoms with E-state index in [1.165, 1.54) is 0 Å². The van der Waals surface area contributed by atoms with E-state index < -0.39 is 0 Å². The van der Waals surface area contributed by atoms with E-state index >= 15 is 0 Å². The predicted molar refractivity (Wildman–Crippen MR) is 90.7 cm³/mol. The van der Waals surface area contributed by atoms with Crippen LogP contribution in [0.4, 0.5) is 11.6 Å². The van der Waals surface area contributed by atoms with Gasteiger partial charge in [0.2, 0.25) is 5.95 Å². The number of para-hydroxylation sites is 1. The Bertz CT molecular complexity index is 768. The highest BCUT2D eigenvalue weighted by atomic mass is 79.9. The summed E-state index contributed by atoms with van der Waals surface area (Å²) in [6.45, 7) is 1.97. The molecule has 0 bridgehead atoms. The first-order chi connectivity index (χ1) is 10.1. The van der Waals surface area contributed by atoms with Crippen LogP contribution >= 0.6 is 27.5 Å². The third-order valence-corrected chi connectivity index (χ3v) is 3.93. The molecule has 0 aliphatic heterocycles. The lowest BCUT2D eigenvalue weighted by atomic mass is 10.3. The summed E-state index contributed by atoms with van der Waals surface area (Å²) in [6, 6.07) is 15.7. The monoisotopic (exact) mass is 361 g/mol. The van der Waals surface area contributed by atoms with Crippen molar-refractivity contribution < 1.29 is 0 Å². The van der Waals surface area contributed by atoms with Crippen molar-refractivity contribution in [3.63, 3.8) is 0 Å². The van der Waals surface area contributed by atoms with Crippen LogP contribution < -0.4 is 5.32 Å². The van der Waals surface area contributed by atoms with Crippen molar-refractivity contribution in [2.24, 2.45) is 0 Å². The molecule has 0 aliphatic carbocycles. The van der Waals surface area contributed by atoms with Crippen molar-refractivity contribution >= 4 is 39.2 Å². The molecule has 2 aromatic carbocycles. The molecule has 0 saturated carbocycles. The summed E-state index contributed by atoms with van der Waals surface area (Å²) in [7, 11) is 0. The topological polar surface area (TPSA) is 29.9 Å². The van der Waals surface area contributed by atoms with Crippen LogP contribution in [0.1, 0.15) is 5.69 Å². The molecule has 0 amide bonds. The fourth-order valence-corrected chi connectivity index (χ4v) is 2.86. The SMILES string of the molecule is Cc1cn(-c2ccccc2)c(Nc2ccc(Cl)cc2Br)n1. The number of aromatic nitrogens is 2. The van der Waals surface area contributed by atoms with Crippen molar-refractivity contribution in [3.05, 3.63) is 69.9 Å². The van der Waals surface area contributed by atoms with Crippen LogP contribution in [0.5, 0.6) is 0 Å². The molecular weight excluding hydrogens is 350 g/mol. The standard InChI is InChI=1S/C16H13BrClN3/c1-11-10-21(13-5-3-2-4-6-13)16(19-11)20-15-8-7-12(18)9-14(15)17/h2-10H,1H3,(H,19,20). The summed E-state index contributed by atoms with van der Waals surface area (Å²) in [4.78, 5) is 4.54. The van der Waals surface area contributed by atoms with Gasteiger partial charge >= 0.3 is 0 Å². The molecule has 0 fully saturated rings. The highest BCUT2D eigenvalue weighted by Crippen LogP contribution is 2.29. The van der Waals surface area contributed by atoms with Crippen LogP contribution in [0.2, 0.25) is 5.02 Å². The van der Waals surface area contributed by atoms with E-state index in [2.05, 4.69) is 26.2 Å². The van der Waals surface area contributed by atoms with Gasteiger partial charge in [-0.25, -0.2) is 4.98 Å². The number of aryl methyl sites for hydroxylation is 1. The molecule has 3 nitrogen and oxygen atoms in total. The molecule has 3 aromatic rings.